The molecule has 0 heteroatoms. The third kappa shape index (κ3) is 13.7. The fourth-order valence-corrected chi connectivity index (χ4v) is 0.643. The van der Waals surface area contributed by atoms with Crippen molar-refractivity contribution < 1.29 is 0 Å². The Morgan fingerprint density at radius 1 is 0.714 bits per heavy atom. The molecule has 0 fully saturated rings. The van der Waals surface area contributed by atoms with Crippen molar-refractivity contribution in [1.82, 2.24) is 0 Å². The third-order valence-corrected chi connectivity index (χ3v) is 1.35. The maximum Gasteiger partial charge on any atom is 0.0508 e. The largest absolute Gasteiger partial charge is 0.106 e. The van der Waals surface area contributed by atoms with Gasteiger partial charge in [0.1, 0.15) is 0 Å². The zero-order valence-electron chi connectivity index (χ0n) is 11.3. The Hall–Kier alpha value is -4.22. The normalized spacial score (nSPS) is 4.38. The van der Waals surface area contributed by atoms with Crippen molar-refractivity contribution in [2.45, 2.75) is 6.92 Å². The topological polar surface area (TPSA) is 0 Å². The summed E-state index contributed by atoms with van der Waals surface area (Å²) in [6.45, 7) is 5.07. The SMILES string of the molecule is C#CC#CC#CC#CC#CC(C)=C=C=C=C=C=C=C=C=C. The Morgan fingerprint density at radius 3 is 1.86 bits per heavy atom. The molecular weight excluding hydrogens is 252 g/mol. The van der Waals surface area contributed by atoms with Crippen molar-refractivity contribution in [1.29, 1.82) is 0 Å². The average Bonchev–Trinajstić information content (AvgIpc) is 2.49. The first-order chi connectivity index (χ1) is 10.3. The molecule has 0 radical (unpaired) electrons. The highest BCUT2D eigenvalue weighted by molar-refractivity contribution is 5.43. The maximum atomic E-state index is 4.91. The monoisotopic (exact) mass is 258 g/mol. The van der Waals surface area contributed by atoms with E-state index in [0.29, 0.717) is 5.57 Å². The van der Waals surface area contributed by atoms with Crippen LogP contribution in [-0.4, -0.2) is 0 Å². The van der Waals surface area contributed by atoms with Crippen LogP contribution >= 0.6 is 0 Å². The third-order valence-electron chi connectivity index (χ3n) is 1.35. The molecule has 0 unspecified atom stereocenters. The molecule has 0 aromatic heterocycles. The van der Waals surface area contributed by atoms with Crippen molar-refractivity contribution in [3.63, 3.8) is 0 Å². The molecule has 0 spiro atoms. The number of allylic oxidation sites excluding steroid dienone is 1. The smallest absolute Gasteiger partial charge is 0.0508 e. The van der Waals surface area contributed by atoms with E-state index < -0.39 is 0 Å². The van der Waals surface area contributed by atoms with Crippen LogP contribution < -0.4 is 0 Å². The minimum Gasteiger partial charge on any atom is -0.106 e. The number of hydrogen-bond acceptors (Lipinski definition) is 0. The molecule has 0 aliphatic carbocycles. The average molecular weight is 258 g/mol. The lowest BCUT2D eigenvalue weighted by molar-refractivity contribution is 1.61. The number of hydrogen-bond donors (Lipinski definition) is 0. The van der Waals surface area contributed by atoms with E-state index in [1.165, 1.54) is 0 Å². The molecule has 0 atom stereocenters. The van der Waals surface area contributed by atoms with Crippen molar-refractivity contribution in [3.05, 3.63) is 58.0 Å². The van der Waals surface area contributed by atoms with Gasteiger partial charge in [-0.2, -0.15) is 0 Å². The first-order valence-electron chi connectivity index (χ1n) is 5.39. The molecular formula is C21H6. The van der Waals surface area contributed by atoms with Crippen molar-refractivity contribution in [2.75, 3.05) is 0 Å². The second-order valence-electron chi connectivity index (χ2n) is 2.82. The van der Waals surface area contributed by atoms with E-state index in [9.17, 15) is 0 Å². The second-order valence-corrected chi connectivity index (χ2v) is 2.82. The first-order valence-corrected chi connectivity index (χ1v) is 5.39. The van der Waals surface area contributed by atoms with Crippen LogP contribution in [-0.2, 0) is 0 Å². The molecule has 0 aliphatic rings. The van der Waals surface area contributed by atoms with Crippen LogP contribution in [0.25, 0.3) is 0 Å². The lowest BCUT2D eigenvalue weighted by Crippen LogP contribution is -1.61. The number of terminal acetylenes is 1. The Kier molecular flexibility index (Phi) is 11.1. The summed E-state index contributed by atoms with van der Waals surface area (Å²) in [6, 6.07) is 0. The molecule has 0 amide bonds. The van der Waals surface area contributed by atoms with E-state index in [-0.39, 0.29) is 0 Å². The Morgan fingerprint density at radius 2 is 1.24 bits per heavy atom. The standard InChI is InChI=1S/C21H6/c1-4-6-8-10-12-14-16-18-20-21(3)19-17-15-13-11-9-7-5-2/h1H,2H2,3H3. The summed E-state index contributed by atoms with van der Waals surface area (Å²) >= 11 is 0. The predicted molar refractivity (Wildman–Crippen MR) is 82.9 cm³/mol. The van der Waals surface area contributed by atoms with Crippen LogP contribution in [0, 0.1) is 59.7 Å². The van der Waals surface area contributed by atoms with Gasteiger partial charge in [-0.3, -0.25) is 0 Å². The van der Waals surface area contributed by atoms with Crippen molar-refractivity contribution in [3.8, 4) is 59.7 Å². The fourth-order valence-electron chi connectivity index (χ4n) is 0.643. The summed E-state index contributed by atoms with van der Waals surface area (Å²) in [6.07, 6.45) is 4.91. The lowest BCUT2D eigenvalue weighted by atomic mass is 10.3. The Balaban J connectivity index is 5.11. The van der Waals surface area contributed by atoms with E-state index in [4.69, 9.17) is 6.42 Å². The van der Waals surface area contributed by atoms with Crippen LogP contribution in [0.1, 0.15) is 6.92 Å². The van der Waals surface area contributed by atoms with Gasteiger partial charge in [-0.1, -0.05) is 5.73 Å². The van der Waals surface area contributed by atoms with Gasteiger partial charge in [-0.25, -0.2) is 0 Å². The van der Waals surface area contributed by atoms with Crippen LogP contribution in [0.5, 0.6) is 0 Å². The highest BCUT2D eigenvalue weighted by atomic mass is 13.7. The van der Waals surface area contributed by atoms with E-state index in [1.807, 2.05) is 0 Å². The highest BCUT2D eigenvalue weighted by Crippen LogP contribution is 1.82. The van der Waals surface area contributed by atoms with Gasteiger partial charge in [0.05, 0.1) is 5.57 Å². The molecule has 0 saturated carbocycles. The van der Waals surface area contributed by atoms with Crippen LogP contribution in [0.2, 0.25) is 0 Å². The summed E-state index contributed by atoms with van der Waals surface area (Å²) in [5.74, 6) is 22.3. The molecule has 0 N–H and O–H groups in total. The van der Waals surface area contributed by atoms with Crippen LogP contribution in [0.3, 0.4) is 0 Å². The molecule has 0 nitrogen and oxygen atoms in total. The van der Waals surface area contributed by atoms with Gasteiger partial charge in [-0.15, -0.1) is 6.42 Å². The molecule has 21 heavy (non-hydrogen) atoms. The summed E-state index contributed by atoms with van der Waals surface area (Å²) in [4.78, 5) is 0. The zero-order chi connectivity index (χ0) is 15.6. The minimum absolute atomic E-state index is 0.643. The van der Waals surface area contributed by atoms with Gasteiger partial charge in [0.25, 0.3) is 0 Å². The summed E-state index contributed by atoms with van der Waals surface area (Å²) in [5.41, 5.74) is 20.9. The molecule has 0 saturated heterocycles. The fraction of sp³-hybridized carbons (Fsp3) is 0.0476. The van der Waals surface area contributed by atoms with Crippen molar-refractivity contribution in [2.24, 2.45) is 0 Å². The lowest BCUT2D eigenvalue weighted by Gasteiger charge is -1.70. The molecule has 0 aromatic rings. The molecule has 0 aliphatic heterocycles. The van der Waals surface area contributed by atoms with Gasteiger partial charge in [-0.05, 0) is 107 Å². The van der Waals surface area contributed by atoms with Gasteiger partial charge in [0.15, 0.2) is 0 Å². The second kappa shape index (κ2) is 13.8. The summed E-state index contributed by atoms with van der Waals surface area (Å²) in [5, 5.41) is 0. The summed E-state index contributed by atoms with van der Waals surface area (Å²) in [7, 11) is 0. The molecule has 0 bridgehead atoms. The Labute approximate surface area is 125 Å². The summed E-state index contributed by atoms with van der Waals surface area (Å²) < 4.78 is 0. The number of rotatable bonds is 0. The maximum absolute atomic E-state index is 4.91. The van der Waals surface area contributed by atoms with Crippen molar-refractivity contribution >= 4 is 0 Å². The van der Waals surface area contributed by atoms with E-state index in [0.717, 1.165) is 0 Å². The molecule has 0 heterocycles. The van der Waals surface area contributed by atoms with Crippen LogP contribution in [0.4, 0.5) is 0 Å². The highest BCUT2D eigenvalue weighted by Gasteiger charge is 1.71. The Bertz CT molecular complexity index is 1000. The molecule has 90 valence electrons. The zero-order valence-corrected chi connectivity index (χ0v) is 11.3. The van der Waals surface area contributed by atoms with E-state index >= 15 is 0 Å². The van der Waals surface area contributed by atoms with Gasteiger partial charge in [0, 0.05) is 0 Å². The minimum atomic E-state index is 0.643. The predicted octanol–water partition coefficient (Wildman–Crippen LogP) is 2.45. The van der Waals surface area contributed by atoms with Gasteiger partial charge < -0.3 is 0 Å². The molecule has 0 aromatic carbocycles. The van der Waals surface area contributed by atoms with Gasteiger partial charge >= 0.3 is 0 Å². The van der Waals surface area contributed by atoms with E-state index in [1.54, 1.807) is 6.92 Å². The first kappa shape index (κ1) is 16.8. The van der Waals surface area contributed by atoms with E-state index in [2.05, 4.69) is 106 Å². The quantitative estimate of drug-likeness (QED) is 0.462. The van der Waals surface area contributed by atoms with Gasteiger partial charge in [0.2, 0.25) is 0 Å². The molecule has 0 rings (SSSR count). The van der Waals surface area contributed by atoms with Crippen LogP contribution in [0.15, 0.2) is 58.0 Å².